The number of hydrogen-bond donors (Lipinski definition) is 2. The van der Waals surface area contributed by atoms with Crippen LogP contribution in [0.3, 0.4) is 0 Å². The molecule has 2 aromatic carbocycles. The van der Waals surface area contributed by atoms with E-state index in [-0.39, 0.29) is 48.7 Å². The van der Waals surface area contributed by atoms with Gasteiger partial charge in [0.15, 0.2) is 0 Å². The number of pyridine rings is 1. The number of likely N-dealkylation sites (N-methyl/N-ethyl adjacent to an activating group) is 1. The molecule has 0 radical (unpaired) electrons. The number of amides is 6. The van der Waals surface area contributed by atoms with E-state index >= 15 is 0 Å². The topological polar surface area (TPSA) is 164 Å². The molecule has 1 aromatic heterocycles. The maximum Gasteiger partial charge on any atom is 0.270 e. The van der Waals surface area contributed by atoms with Crippen molar-refractivity contribution in [3.8, 4) is 11.5 Å². The Kier molecular flexibility index (Phi) is 12.7. The zero-order chi connectivity index (χ0) is 38.9. The molecule has 0 spiro atoms. The average Bonchev–Trinajstić information content (AvgIpc) is 3.44. The zero-order valence-corrected chi connectivity index (χ0v) is 31.3. The monoisotopic (exact) mass is 749 g/mol. The number of piperidine rings is 1. The van der Waals surface area contributed by atoms with Crippen LogP contribution >= 0.6 is 0 Å². The van der Waals surface area contributed by atoms with E-state index in [4.69, 9.17) is 9.47 Å². The van der Waals surface area contributed by atoms with E-state index in [9.17, 15) is 28.8 Å². The van der Waals surface area contributed by atoms with Crippen LogP contribution in [-0.2, 0) is 27.3 Å². The van der Waals surface area contributed by atoms with Gasteiger partial charge in [0.2, 0.25) is 17.7 Å². The third-order valence-corrected chi connectivity index (χ3v) is 10.3. The number of nitrogens with one attached hydrogen (secondary N) is 2. The smallest absolute Gasteiger partial charge is 0.270 e. The number of ether oxygens (including phenoxy) is 2. The van der Waals surface area contributed by atoms with Crippen molar-refractivity contribution in [1.29, 1.82) is 0 Å². The second kappa shape index (κ2) is 18.0. The minimum absolute atomic E-state index is 0.0410. The minimum atomic E-state index is -1.03. The molecule has 1 atom stereocenters. The third-order valence-electron chi connectivity index (χ3n) is 10.3. The largest absolute Gasteiger partial charge is 0.495 e. The first kappa shape index (κ1) is 38.9. The average molecular weight is 750 g/mol. The van der Waals surface area contributed by atoms with Crippen molar-refractivity contribution in [1.82, 2.24) is 25.4 Å². The van der Waals surface area contributed by atoms with Crippen LogP contribution < -0.4 is 20.1 Å². The molecular weight excluding hydrogens is 702 g/mol. The van der Waals surface area contributed by atoms with E-state index in [1.54, 1.807) is 37.4 Å². The van der Waals surface area contributed by atoms with Crippen LogP contribution in [0.1, 0.15) is 106 Å². The van der Waals surface area contributed by atoms with Gasteiger partial charge < -0.3 is 19.7 Å². The van der Waals surface area contributed by atoms with Crippen LogP contribution in [0, 0.1) is 5.92 Å². The molecule has 0 bridgehead atoms. The Hall–Kier alpha value is -5.85. The Bertz CT molecular complexity index is 1990. The lowest BCUT2D eigenvalue weighted by atomic mass is 9.89. The van der Waals surface area contributed by atoms with Gasteiger partial charge in [0.1, 0.15) is 23.2 Å². The van der Waals surface area contributed by atoms with Crippen LogP contribution in [-0.4, -0.2) is 83.6 Å². The van der Waals surface area contributed by atoms with Crippen molar-refractivity contribution in [2.45, 2.75) is 76.8 Å². The van der Waals surface area contributed by atoms with Crippen LogP contribution in [0.5, 0.6) is 11.5 Å². The lowest BCUT2D eigenvalue weighted by Crippen LogP contribution is -2.54. The first-order valence-corrected chi connectivity index (χ1v) is 18.9. The number of methoxy groups -OCH3 is 1. The molecule has 3 heterocycles. The summed E-state index contributed by atoms with van der Waals surface area (Å²) in [6.45, 7) is 1.13. The summed E-state index contributed by atoms with van der Waals surface area (Å²) >= 11 is 0. The third kappa shape index (κ3) is 9.64. The number of benzene rings is 2. The van der Waals surface area contributed by atoms with Crippen LogP contribution in [0.2, 0.25) is 0 Å². The molecule has 13 nitrogen and oxygen atoms in total. The van der Waals surface area contributed by atoms with Crippen molar-refractivity contribution in [3.05, 3.63) is 94.3 Å². The Morgan fingerprint density at radius 2 is 1.75 bits per heavy atom. The van der Waals surface area contributed by atoms with Gasteiger partial charge in [-0.3, -0.25) is 39.0 Å². The lowest BCUT2D eigenvalue weighted by Gasteiger charge is -2.27. The highest BCUT2D eigenvalue weighted by Gasteiger charge is 2.44. The summed E-state index contributed by atoms with van der Waals surface area (Å²) in [5, 5.41) is 5.13. The van der Waals surface area contributed by atoms with E-state index < -0.39 is 29.7 Å². The zero-order valence-electron chi connectivity index (χ0n) is 31.3. The van der Waals surface area contributed by atoms with Crippen LogP contribution in [0.15, 0.2) is 60.8 Å². The van der Waals surface area contributed by atoms with Gasteiger partial charge >= 0.3 is 0 Å². The SMILES string of the molecule is COc1cnc(C(=O)NCc2cccc(CC(=O)N(C)CCCCOc3ccc4c(c3)C(=O)N(C3CCC(=O)NC3=O)C4=O)c2)cc1/C=C/C1CCCCC1. The summed E-state index contributed by atoms with van der Waals surface area (Å²) in [7, 11) is 3.35. The number of allylic oxidation sites excluding steroid dienone is 1. The van der Waals surface area contributed by atoms with Crippen molar-refractivity contribution >= 4 is 41.5 Å². The predicted octanol–water partition coefficient (Wildman–Crippen LogP) is 4.88. The van der Waals surface area contributed by atoms with Gasteiger partial charge in [0.05, 0.1) is 37.5 Å². The maximum absolute atomic E-state index is 13.1. The summed E-state index contributed by atoms with van der Waals surface area (Å²) < 4.78 is 11.3. The molecule has 1 saturated heterocycles. The normalized spacial score (nSPS) is 17.3. The molecule has 1 saturated carbocycles. The van der Waals surface area contributed by atoms with Crippen molar-refractivity contribution in [2.24, 2.45) is 5.92 Å². The molecule has 13 heteroatoms. The fourth-order valence-electron chi connectivity index (χ4n) is 7.19. The fourth-order valence-corrected chi connectivity index (χ4v) is 7.19. The minimum Gasteiger partial charge on any atom is -0.495 e. The standard InChI is InChI=1S/C42H47N5O8/c1-46(19-6-7-20-55-31-15-16-32-33(24-31)42(53)47(41(32)52)35-17-18-37(48)45-40(35)51)38(49)22-28-11-8-12-29(21-28)25-44-39(50)34-23-30(36(54-2)26-43-34)14-13-27-9-4-3-5-10-27/h8,11-16,21,23-24,26-27,35H,3-7,9-10,17-20,22,25H2,1-2H3,(H,44,50)(H,45,48,51)/b14-13+. The van der Waals surface area contributed by atoms with Gasteiger partial charge in [-0.05, 0) is 73.4 Å². The molecule has 55 heavy (non-hydrogen) atoms. The molecule has 3 aromatic rings. The van der Waals surface area contributed by atoms with E-state index in [0.717, 1.165) is 21.6 Å². The lowest BCUT2D eigenvalue weighted by molar-refractivity contribution is -0.136. The first-order valence-electron chi connectivity index (χ1n) is 18.9. The number of hydrogen-bond acceptors (Lipinski definition) is 9. The number of fused-ring (bicyclic) bond motifs is 1. The molecular formula is C42H47N5O8. The number of imide groups is 2. The second-order valence-electron chi connectivity index (χ2n) is 14.3. The summed E-state index contributed by atoms with van der Waals surface area (Å²) in [5.41, 5.74) is 3.18. The predicted molar refractivity (Wildman–Crippen MR) is 203 cm³/mol. The van der Waals surface area contributed by atoms with Gasteiger partial charge in [0.25, 0.3) is 17.7 Å². The Labute approximate surface area is 320 Å². The molecule has 2 fully saturated rings. The van der Waals surface area contributed by atoms with Gasteiger partial charge in [-0.15, -0.1) is 0 Å². The molecule has 1 aliphatic carbocycles. The summed E-state index contributed by atoms with van der Waals surface area (Å²) in [5.74, 6) is -1.00. The van der Waals surface area contributed by atoms with E-state index in [1.807, 2.05) is 30.3 Å². The van der Waals surface area contributed by atoms with E-state index in [0.29, 0.717) is 49.1 Å². The molecule has 288 valence electrons. The Morgan fingerprint density at radius 3 is 2.53 bits per heavy atom. The molecule has 6 amide bonds. The van der Waals surface area contributed by atoms with E-state index in [1.165, 1.54) is 44.2 Å². The van der Waals surface area contributed by atoms with Gasteiger partial charge in [-0.1, -0.05) is 55.7 Å². The molecule has 2 N–H and O–H groups in total. The highest BCUT2D eigenvalue weighted by atomic mass is 16.5. The first-order chi connectivity index (χ1) is 26.6. The van der Waals surface area contributed by atoms with Crippen molar-refractivity contribution in [2.75, 3.05) is 27.3 Å². The molecule has 1 unspecified atom stereocenters. The summed E-state index contributed by atoms with van der Waals surface area (Å²) in [6, 6.07) is 12.9. The van der Waals surface area contributed by atoms with Crippen molar-refractivity contribution < 1.29 is 38.2 Å². The number of aromatic nitrogens is 1. The number of unbranched alkanes of at least 4 members (excludes halogenated alkanes) is 1. The number of nitrogens with zero attached hydrogens (tertiary/aromatic N) is 3. The fraction of sp³-hybridized carbons (Fsp3) is 0.405. The van der Waals surface area contributed by atoms with Crippen LogP contribution in [0.4, 0.5) is 0 Å². The van der Waals surface area contributed by atoms with Crippen LogP contribution in [0.25, 0.3) is 6.08 Å². The number of carbonyl (C=O) groups is 6. The Balaban J connectivity index is 0.928. The molecule has 2 aliphatic heterocycles. The number of rotatable bonds is 15. The summed E-state index contributed by atoms with van der Waals surface area (Å²) in [6.07, 6.45) is 13.6. The second-order valence-corrected chi connectivity index (χ2v) is 14.3. The van der Waals surface area contributed by atoms with Gasteiger partial charge in [0, 0.05) is 32.1 Å². The van der Waals surface area contributed by atoms with Gasteiger partial charge in [-0.2, -0.15) is 0 Å². The quantitative estimate of drug-likeness (QED) is 0.163. The van der Waals surface area contributed by atoms with E-state index in [2.05, 4.69) is 21.7 Å². The van der Waals surface area contributed by atoms with Crippen molar-refractivity contribution in [3.63, 3.8) is 0 Å². The maximum atomic E-state index is 13.1. The molecule has 3 aliphatic rings. The van der Waals surface area contributed by atoms with Gasteiger partial charge in [-0.25, -0.2) is 4.98 Å². The number of carbonyl (C=O) groups excluding carboxylic acids is 6. The highest BCUT2D eigenvalue weighted by Crippen LogP contribution is 2.31. The highest BCUT2D eigenvalue weighted by molar-refractivity contribution is 6.23. The summed E-state index contributed by atoms with van der Waals surface area (Å²) in [4.78, 5) is 82.8. The Morgan fingerprint density at radius 1 is 0.964 bits per heavy atom. The molecule has 6 rings (SSSR count).